The molecular formula is C10H17NO3. The van der Waals surface area contributed by atoms with Crippen molar-refractivity contribution in [2.24, 2.45) is 11.3 Å². The fraction of sp³-hybridized carbons (Fsp3) is 0.900. The third kappa shape index (κ3) is 1.64. The van der Waals surface area contributed by atoms with Crippen LogP contribution in [-0.4, -0.2) is 49.3 Å². The minimum Gasteiger partial charge on any atom is -0.481 e. The number of ether oxygens (including phenoxy) is 1. The summed E-state index contributed by atoms with van der Waals surface area (Å²) >= 11 is 0. The number of nitrogens with zero attached hydrogens (tertiary/aromatic N) is 1. The van der Waals surface area contributed by atoms with Crippen LogP contribution in [0.4, 0.5) is 0 Å². The summed E-state index contributed by atoms with van der Waals surface area (Å²) in [5.41, 5.74) is -0.560. The van der Waals surface area contributed by atoms with Gasteiger partial charge in [0.15, 0.2) is 0 Å². The summed E-state index contributed by atoms with van der Waals surface area (Å²) in [6.07, 6.45) is 1.91. The van der Waals surface area contributed by atoms with Crippen LogP contribution in [-0.2, 0) is 9.53 Å². The Hall–Kier alpha value is -0.610. The highest BCUT2D eigenvalue weighted by atomic mass is 16.5. The molecule has 0 saturated carbocycles. The number of aliphatic carboxylic acids is 1. The number of carbonyl (C=O) groups is 1. The highest BCUT2D eigenvalue weighted by Gasteiger charge is 2.48. The topological polar surface area (TPSA) is 49.8 Å². The lowest BCUT2D eigenvalue weighted by atomic mass is 9.77. The Morgan fingerprint density at radius 2 is 2.36 bits per heavy atom. The van der Waals surface area contributed by atoms with E-state index in [0.29, 0.717) is 19.1 Å². The van der Waals surface area contributed by atoms with Crippen LogP contribution in [0.15, 0.2) is 0 Å². The first-order valence-electron chi connectivity index (χ1n) is 5.12. The Kier molecular flexibility index (Phi) is 2.49. The molecule has 0 aliphatic carbocycles. The van der Waals surface area contributed by atoms with Crippen LogP contribution >= 0.6 is 0 Å². The minimum atomic E-state index is -0.682. The monoisotopic (exact) mass is 199 g/mol. The molecule has 1 atom stereocenters. The predicted molar refractivity (Wildman–Crippen MR) is 51.1 cm³/mol. The van der Waals surface area contributed by atoms with Crippen LogP contribution in [0, 0.1) is 11.3 Å². The molecule has 0 bridgehead atoms. The van der Waals surface area contributed by atoms with E-state index in [-0.39, 0.29) is 0 Å². The van der Waals surface area contributed by atoms with E-state index < -0.39 is 11.4 Å². The average Bonchev–Trinajstić information content (AvgIpc) is 2.43. The zero-order valence-corrected chi connectivity index (χ0v) is 8.53. The summed E-state index contributed by atoms with van der Waals surface area (Å²) in [6, 6.07) is 0. The van der Waals surface area contributed by atoms with E-state index in [2.05, 4.69) is 11.9 Å². The smallest absolute Gasteiger partial charge is 0.314 e. The number of carboxylic acids is 1. The van der Waals surface area contributed by atoms with E-state index in [4.69, 9.17) is 9.84 Å². The number of hydrogen-bond acceptors (Lipinski definition) is 3. The van der Waals surface area contributed by atoms with Crippen LogP contribution < -0.4 is 0 Å². The van der Waals surface area contributed by atoms with Crippen molar-refractivity contribution in [3.8, 4) is 0 Å². The quantitative estimate of drug-likeness (QED) is 0.716. The van der Waals surface area contributed by atoms with Gasteiger partial charge in [0, 0.05) is 6.54 Å². The molecule has 2 rings (SSSR count). The maximum absolute atomic E-state index is 11.1. The van der Waals surface area contributed by atoms with Crippen LogP contribution in [0.1, 0.15) is 12.8 Å². The molecule has 0 amide bonds. The normalized spacial score (nSPS) is 31.4. The molecule has 2 heterocycles. The highest BCUT2D eigenvalue weighted by molar-refractivity contribution is 5.75. The molecule has 0 radical (unpaired) electrons. The summed E-state index contributed by atoms with van der Waals surface area (Å²) < 4.78 is 5.04. The Bertz CT molecular complexity index is 238. The van der Waals surface area contributed by atoms with Crippen molar-refractivity contribution < 1.29 is 14.6 Å². The van der Waals surface area contributed by atoms with E-state index in [1.807, 2.05) is 0 Å². The first kappa shape index (κ1) is 9.93. The fourth-order valence-corrected chi connectivity index (χ4v) is 2.42. The summed E-state index contributed by atoms with van der Waals surface area (Å²) in [5, 5.41) is 9.12. The second kappa shape index (κ2) is 3.51. The molecule has 4 heteroatoms. The van der Waals surface area contributed by atoms with Gasteiger partial charge in [0.2, 0.25) is 0 Å². The molecule has 1 N–H and O–H groups in total. The van der Waals surface area contributed by atoms with Crippen molar-refractivity contribution in [2.75, 3.05) is 33.4 Å². The first-order chi connectivity index (χ1) is 6.62. The van der Waals surface area contributed by atoms with E-state index in [1.165, 1.54) is 0 Å². The molecule has 2 saturated heterocycles. The lowest BCUT2D eigenvalue weighted by Crippen LogP contribution is -2.50. The molecule has 0 aromatic rings. The lowest BCUT2D eigenvalue weighted by Gasteiger charge is -2.39. The van der Waals surface area contributed by atoms with Gasteiger partial charge in [0.05, 0.1) is 13.2 Å². The van der Waals surface area contributed by atoms with Gasteiger partial charge in [-0.25, -0.2) is 0 Å². The van der Waals surface area contributed by atoms with Gasteiger partial charge in [-0.2, -0.15) is 0 Å². The van der Waals surface area contributed by atoms with Crippen LogP contribution in [0.3, 0.4) is 0 Å². The molecule has 80 valence electrons. The van der Waals surface area contributed by atoms with Gasteiger partial charge in [-0.1, -0.05) is 0 Å². The molecule has 1 unspecified atom stereocenters. The number of rotatable bonds is 3. The minimum absolute atomic E-state index is 0.405. The van der Waals surface area contributed by atoms with Gasteiger partial charge in [0.25, 0.3) is 0 Å². The number of hydrogen-bond donors (Lipinski definition) is 1. The van der Waals surface area contributed by atoms with Gasteiger partial charge in [-0.05, 0) is 32.4 Å². The van der Waals surface area contributed by atoms with Gasteiger partial charge in [-0.3, -0.25) is 4.79 Å². The summed E-state index contributed by atoms with van der Waals surface area (Å²) in [5.74, 6) is -0.140. The van der Waals surface area contributed by atoms with Crippen molar-refractivity contribution in [3.63, 3.8) is 0 Å². The maximum Gasteiger partial charge on any atom is 0.314 e. The molecule has 2 aliphatic heterocycles. The Labute approximate surface area is 83.8 Å². The van der Waals surface area contributed by atoms with Crippen LogP contribution in [0.5, 0.6) is 0 Å². The fourth-order valence-electron chi connectivity index (χ4n) is 2.42. The summed E-state index contributed by atoms with van der Waals surface area (Å²) in [6.45, 7) is 2.95. The largest absolute Gasteiger partial charge is 0.481 e. The van der Waals surface area contributed by atoms with E-state index >= 15 is 0 Å². The summed E-state index contributed by atoms with van der Waals surface area (Å²) in [4.78, 5) is 13.3. The average molecular weight is 199 g/mol. The summed E-state index contributed by atoms with van der Waals surface area (Å²) in [7, 11) is 2.09. The third-order valence-corrected chi connectivity index (χ3v) is 3.38. The van der Waals surface area contributed by atoms with Crippen LogP contribution in [0.2, 0.25) is 0 Å². The van der Waals surface area contributed by atoms with E-state index in [1.54, 1.807) is 0 Å². The predicted octanol–water partition coefficient (Wildman–Crippen LogP) is 0.429. The standard InChI is InChI=1S/C10H17NO3/c1-11-3-2-8(5-11)4-10(9(12)13)6-14-7-10/h8H,2-7H2,1H3,(H,12,13). The first-order valence-corrected chi connectivity index (χ1v) is 5.12. The molecule has 0 aromatic carbocycles. The van der Waals surface area contributed by atoms with Crippen molar-refractivity contribution >= 4 is 5.97 Å². The van der Waals surface area contributed by atoms with Crippen molar-refractivity contribution in [3.05, 3.63) is 0 Å². The molecule has 0 spiro atoms. The second-order valence-corrected chi connectivity index (χ2v) is 4.70. The lowest BCUT2D eigenvalue weighted by molar-refractivity contribution is -0.183. The molecule has 2 aliphatic rings. The van der Waals surface area contributed by atoms with Crippen molar-refractivity contribution in [2.45, 2.75) is 12.8 Å². The zero-order chi connectivity index (χ0) is 10.2. The Morgan fingerprint density at radius 3 is 2.71 bits per heavy atom. The van der Waals surface area contributed by atoms with Crippen LogP contribution in [0.25, 0.3) is 0 Å². The SMILES string of the molecule is CN1CCC(CC2(C(=O)O)COC2)C1. The van der Waals surface area contributed by atoms with Crippen molar-refractivity contribution in [1.29, 1.82) is 0 Å². The van der Waals surface area contributed by atoms with E-state index in [0.717, 1.165) is 25.9 Å². The van der Waals surface area contributed by atoms with Gasteiger partial charge < -0.3 is 14.7 Å². The molecule has 2 fully saturated rings. The third-order valence-electron chi connectivity index (χ3n) is 3.38. The highest BCUT2D eigenvalue weighted by Crippen LogP contribution is 2.37. The molecule has 14 heavy (non-hydrogen) atoms. The zero-order valence-electron chi connectivity index (χ0n) is 8.53. The van der Waals surface area contributed by atoms with E-state index in [9.17, 15) is 4.79 Å². The van der Waals surface area contributed by atoms with Gasteiger partial charge in [-0.15, -0.1) is 0 Å². The molecule has 0 aromatic heterocycles. The Balaban J connectivity index is 1.92. The Morgan fingerprint density at radius 1 is 1.64 bits per heavy atom. The number of likely N-dealkylation sites (tertiary alicyclic amines) is 1. The van der Waals surface area contributed by atoms with Gasteiger partial charge in [0.1, 0.15) is 5.41 Å². The molecular weight excluding hydrogens is 182 g/mol. The number of carboxylic acid groups (broad SMARTS) is 1. The molecule has 4 nitrogen and oxygen atoms in total. The maximum atomic E-state index is 11.1. The van der Waals surface area contributed by atoms with Gasteiger partial charge >= 0.3 is 5.97 Å². The second-order valence-electron chi connectivity index (χ2n) is 4.70. The van der Waals surface area contributed by atoms with Crippen molar-refractivity contribution in [1.82, 2.24) is 4.90 Å².